The van der Waals surface area contributed by atoms with Crippen molar-refractivity contribution in [2.45, 2.75) is 26.8 Å². The number of aliphatic imine (C=N–C) groups is 1. The van der Waals surface area contributed by atoms with Crippen LogP contribution in [0.4, 0.5) is 0 Å². The van der Waals surface area contributed by atoms with Crippen molar-refractivity contribution < 1.29 is 0 Å². The summed E-state index contributed by atoms with van der Waals surface area (Å²) in [4.78, 5) is 6.05. The monoisotopic (exact) mass is 172 g/mol. The van der Waals surface area contributed by atoms with E-state index >= 15 is 0 Å². The van der Waals surface area contributed by atoms with Crippen LogP contribution in [0, 0.1) is 5.92 Å². The Balaban J connectivity index is 4.26. The van der Waals surface area contributed by atoms with Gasteiger partial charge >= 0.3 is 0 Å². The first-order valence-corrected chi connectivity index (χ1v) is 4.20. The minimum absolute atomic E-state index is 0.430. The first kappa shape index (κ1) is 11.2. The van der Waals surface area contributed by atoms with Crippen LogP contribution in [0.25, 0.3) is 0 Å². The lowest BCUT2D eigenvalue weighted by molar-refractivity contribution is 0.301. The Kier molecular flexibility index (Phi) is 4.66. The third-order valence-electron chi connectivity index (χ3n) is 2.25. The maximum atomic E-state index is 5.30. The minimum Gasteiger partial charge on any atom is -0.342 e. The van der Waals surface area contributed by atoms with Crippen LogP contribution in [-0.2, 0) is 0 Å². The molecule has 0 radical (unpaired) electrons. The van der Waals surface area contributed by atoms with Crippen LogP contribution in [0.15, 0.2) is 4.99 Å². The molecule has 0 heterocycles. The Labute approximate surface area is 74.8 Å². The van der Waals surface area contributed by atoms with Crippen molar-refractivity contribution in [3.8, 4) is 0 Å². The largest absolute Gasteiger partial charge is 0.342 e. The van der Waals surface area contributed by atoms with Gasteiger partial charge in [-0.25, -0.2) is 5.84 Å². The lowest BCUT2D eigenvalue weighted by Gasteiger charge is -2.29. The number of guanidine groups is 1. The highest BCUT2D eigenvalue weighted by Crippen LogP contribution is 2.07. The Morgan fingerprint density at radius 2 is 1.92 bits per heavy atom. The van der Waals surface area contributed by atoms with Gasteiger partial charge in [0.2, 0.25) is 5.96 Å². The van der Waals surface area contributed by atoms with Gasteiger partial charge in [0.15, 0.2) is 0 Å². The number of hydrazine groups is 1. The van der Waals surface area contributed by atoms with E-state index < -0.39 is 0 Å². The van der Waals surface area contributed by atoms with Gasteiger partial charge in [0.05, 0.1) is 0 Å². The molecule has 3 N–H and O–H groups in total. The molecule has 0 saturated heterocycles. The number of hydrogen-bond donors (Lipinski definition) is 2. The molecule has 0 amide bonds. The first-order chi connectivity index (χ1) is 5.54. The van der Waals surface area contributed by atoms with Crippen LogP contribution >= 0.6 is 0 Å². The smallest absolute Gasteiger partial charge is 0.208 e. The predicted molar refractivity (Wildman–Crippen MR) is 52.7 cm³/mol. The van der Waals surface area contributed by atoms with E-state index in [1.807, 2.05) is 11.9 Å². The molecule has 0 aliphatic heterocycles. The molecule has 0 saturated carbocycles. The Morgan fingerprint density at radius 3 is 2.17 bits per heavy atom. The number of nitrogens with zero attached hydrogens (tertiary/aromatic N) is 2. The molecule has 0 bridgehead atoms. The Bertz CT molecular complexity index is 153. The van der Waals surface area contributed by atoms with E-state index in [1.165, 1.54) is 0 Å². The minimum atomic E-state index is 0.430. The second-order valence-electron chi connectivity index (χ2n) is 3.29. The standard InChI is InChI=1S/C8H20N4/c1-6(2)7(3)12(5)8(10-4)11-9/h6-7H,9H2,1-5H3,(H,10,11). The summed E-state index contributed by atoms with van der Waals surface area (Å²) < 4.78 is 0. The molecule has 0 aliphatic rings. The van der Waals surface area contributed by atoms with Crippen LogP contribution < -0.4 is 11.3 Å². The van der Waals surface area contributed by atoms with Gasteiger partial charge in [-0.3, -0.25) is 10.4 Å². The van der Waals surface area contributed by atoms with Crippen LogP contribution in [0.2, 0.25) is 0 Å². The molecule has 72 valence electrons. The van der Waals surface area contributed by atoms with E-state index in [4.69, 9.17) is 5.84 Å². The van der Waals surface area contributed by atoms with Gasteiger partial charge in [-0.1, -0.05) is 13.8 Å². The summed E-state index contributed by atoms with van der Waals surface area (Å²) in [5.41, 5.74) is 2.56. The van der Waals surface area contributed by atoms with Crippen molar-refractivity contribution in [1.29, 1.82) is 0 Å². The van der Waals surface area contributed by atoms with E-state index in [1.54, 1.807) is 7.05 Å². The second kappa shape index (κ2) is 4.98. The number of hydrogen-bond acceptors (Lipinski definition) is 2. The average Bonchev–Trinajstić information content (AvgIpc) is 2.05. The van der Waals surface area contributed by atoms with Crippen molar-refractivity contribution in [3.63, 3.8) is 0 Å². The quantitative estimate of drug-likeness (QED) is 0.274. The molecule has 0 aromatic heterocycles. The van der Waals surface area contributed by atoms with Gasteiger partial charge in [-0.15, -0.1) is 0 Å². The van der Waals surface area contributed by atoms with E-state index in [2.05, 4.69) is 31.2 Å². The van der Waals surface area contributed by atoms with Gasteiger partial charge in [0.1, 0.15) is 0 Å². The molecule has 0 rings (SSSR count). The van der Waals surface area contributed by atoms with Crippen LogP contribution in [0.1, 0.15) is 20.8 Å². The molecule has 0 aromatic carbocycles. The third-order valence-corrected chi connectivity index (χ3v) is 2.25. The number of nitrogens with two attached hydrogens (primary N) is 1. The molecule has 1 unspecified atom stereocenters. The lowest BCUT2D eigenvalue weighted by Crippen LogP contribution is -2.48. The van der Waals surface area contributed by atoms with E-state index in [0.29, 0.717) is 12.0 Å². The van der Waals surface area contributed by atoms with Crippen LogP contribution in [-0.4, -0.2) is 31.0 Å². The van der Waals surface area contributed by atoms with E-state index in [9.17, 15) is 0 Å². The normalized spacial score (nSPS) is 14.8. The number of nitrogens with one attached hydrogen (secondary N) is 1. The maximum absolute atomic E-state index is 5.30. The van der Waals surface area contributed by atoms with Crippen molar-refractivity contribution in [1.82, 2.24) is 10.3 Å². The summed E-state index contributed by atoms with van der Waals surface area (Å²) in [5, 5.41) is 0. The van der Waals surface area contributed by atoms with Gasteiger partial charge in [-0.05, 0) is 12.8 Å². The topological polar surface area (TPSA) is 53.6 Å². The number of rotatable bonds is 2. The molecule has 1 atom stereocenters. The zero-order chi connectivity index (χ0) is 9.72. The molecule has 4 nitrogen and oxygen atoms in total. The summed E-state index contributed by atoms with van der Waals surface area (Å²) in [7, 11) is 3.70. The molecule has 0 aliphatic carbocycles. The fraction of sp³-hybridized carbons (Fsp3) is 0.875. The average molecular weight is 172 g/mol. The lowest BCUT2D eigenvalue weighted by atomic mass is 10.1. The summed E-state index contributed by atoms with van der Waals surface area (Å²) in [6, 6.07) is 0.430. The van der Waals surface area contributed by atoms with Crippen LogP contribution in [0.5, 0.6) is 0 Å². The zero-order valence-corrected chi connectivity index (χ0v) is 8.63. The highest BCUT2D eigenvalue weighted by molar-refractivity contribution is 5.79. The van der Waals surface area contributed by atoms with Gasteiger partial charge in [0.25, 0.3) is 0 Å². The second-order valence-corrected chi connectivity index (χ2v) is 3.29. The van der Waals surface area contributed by atoms with Crippen molar-refractivity contribution in [3.05, 3.63) is 0 Å². The molecule has 4 heteroatoms. The maximum Gasteiger partial charge on any atom is 0.208 e. The van der Waals surface area contributed by atoms with Gasteiger partial charge in [-0.2, -0.15) is 0 Å². The Hall–Kier alpha value is -0.770. The molecule has 0 spiro atoms. The molecule has 0 fully saturated rings. The molecule has 0 aromatic rings. The first-order valence-electron chi connectivity index (χ1n) is 4.20. The van der Waals surface area contributed by atoms with Gasteiger partial charge in [0, 0.05) is 20.1 Å². The predicted octanol–water partition coefficient (Wildman–Crippen LogP) is 0.412. The van der Waals surface area contributed by atoms with Gasteiger partial charge < -0.3 is 4.90 Å². The fourth-order valence-corrected chi connectivity index (χ4v) is 0.964. The highest BCUT2D eigenvalue weighted by Gasteiger charge is 2.15. The summed E-state index contributed by atoms with van der Waals surface area (Å²) in [5.74, 6) is 6.60. The third kappa shape index (κ3) is 2.70. The molecular formula is C8H20N4. The summed E-state index contributed by atoms with van der Waals surface area (Å²) in [6.07, 6.45) is 0. The molecular weight excluding hydrogens is 152 g/mol. The Morgan fingerprint density at radius 1 is 1.42 bits per heavy atom. The summed E-state index contributed by atoms with van der Waals surface area (Å²) in [6.45, 7) is 6.49. The summed E-state index contributed by atoms with van der Waals surface area (Å²) >= 11 is 0. The van der Waals surface area contributed by atoms with Crippen molar-refractivity contribution >= 4 is 5.96 Å². The van der Waals surface area contributed by atoms with Crippen LogP contribution in [0.3, 0.4) is 0 Å². The zero-order valence-electron chi connectivity index (χ0n) is 8.63. The highest BCUT2D eigenvalue weighted by atomic mass is 15.4. The molecule has 12 heavy (non-hydrogen) atoms. The van der Waals surface area contributed by atoms with Crippen molar-refractivity contribution in [2.24, 2.45) is 16.8 Å². The fourth-order valence-electron chi connectivity index (χ4n) is 0.964. The van der Waals surface area contributed by atoms with E-state index in [-0.39, 0.29) is 0 Å². The van der Waals surface area contributed by atoms with Crippen molar-refractivity contribution in [2.75, 3.05) is 14.1 Å². The SMILES string of the molecule is CN=C(NN)N(C)C(C)C(C)C. The van der Waals surface area contributed by atoms with E-state index in [0.717, 1.165) is 5.96 Å².